The Morgan fingerprint density at radius 1 is 0.929 bits per heavy atom. The summed E-state index contributed by atoms with van der Waals surface area (Å²) < 4.78 is 0. The summed E-state index contributed by atoms with van der Waals surface area (Å²) in [5, 5.41) is 10.6. The Labute approximate surface area is 87.9 Å². The second kappa shape index (κ2) is 3.84. The minimum Gasteiger partial charge on any atom is -0.390 e. The molecule has 2 atom stereocenters. The highest BCUT2D eigenvalue weighted by Gasteiger charge is 2.42. The summed E-state index contributed by atoms with van der Waals surface area (Å²) in [6, 6.07) is 0. The minimum atomic E-state index is -0.278. The van der Waals surface area contributed by atoms with E-state index in [2.05, 4.69) is 13.8 Å². The minimum absolute atomic E-state index is 0.278. The largest absolute Gasteiger partial charge is 0.390 e. The van der Waals surface area contributed by atoms with Gasteiger partial charge in [0.1, 0.15) is 0 Å². The second-order valence-corrected chi connectivity index (χ2v) is 5.91. The zero-order valence-corrected chi connectivity index (χ0v) is 9.63. The molecule has 0 spiro atoms. The zero-order valence-electron chi connectivity index (χ0n) is 9.63. The maximum atomic E-state index is 10.6. The normalized spacial score (nSPS) is 49.5. The highest BCUT2D eigenvalue weighted by Crippen LogP contribution is 2.45. The van der Waals surface area contributed by atoms with Crippen molar-refractivity contribution in [2.75, 3.05) is 0 Å². The molecule has 0 amide bonds. The van der Waals surface area contributed by atoms with Crippen LogP contribution >= 0.6 is 0 Å². The molecule has 2 fully saturated rings. The Morgan fingerprint density at radius 2 is 1.57 bits per heavy atom. The molecule has 2 unspecified atom stereocenters. The summed E-state index contributed by atoms with van der Waals surface area (Å²) in [5.74, 6) is 2.26. The van der Waals surface area contributed by atoms with Crippen molar-refractivity contribution in [3.63, 3.8) is 0 Å². The lowest BCUT2D eigenvalue weighted by Gasteiger charge is -2.37. The summed E-state index contributed by atoms with van der Waals surface area (Å²) in [6.07, 6.45) is 8.57. The summed E-state index contributed by atoms with van der Waals surface area (Å²) in [6.45, 7) is 4.63. The Balaban J connectivity index is 1.94. The molecule has 0 aromatic carbocycles. The molecule has 1 heteroatoms. The first-order valence-electron chi connectivity index (χ1n) is 6.32. The van der Waals surface area contributed by atoms with Gasteiger partial charge < -0.3 is 5.11 Å². The van der Waals surface area contributed by atoms with Gasteiger partial charge in [-0.25, -0.2) is 0 Å². The van der Waals surface area contributed by atoms with Gasteiger partial charge in [-0.05, 0) is 49.9 Å². The standard InChI is InChI=1S/C13H24O/c1-10-3-5-12(6-4-10)13(14)8-7-11(2)9-13/h10-12,14H,3-9H2,1-2H3. The van der Waals surface area contributed by atoms with Crippen LogP contribution in [0.2, 0.25) is 0 Å². The van der Waals surface area contributed by atoms with Crippen LogP contribution in [-0.4, -0.2) is 10.7 Å². The summed E-state index contributed by atoms with van der Waals surface area (Å²) in [5.41, 5.74) is -0.278. The molecule has 2 saturated carbocycles. The van der Waals surface area contributed by atoms with Crippen molar-refractivity contribution >= 4 is 0 Å². The van der Waals surface area contributed by atoms with Gasteiger partial charge in [-0.1, -0.05) is 26.7 Å². The monoisotopic (exact) mass is 196 g/mol. The maximum Gasteiger partial charge on any atom is 0.0678 e. The third-order valence-corrected chi connectivity index (χ3v) is 4.55. The maximum absolute atomic E-state index is 10.6. The van der Waals surface area contributed by atoms with Crippen molar-refractivity contribution in [1.29, 1.82) is 0 Å². The van der Waals surface area contributed by atoms with Crippen LogP contribution in [0.1, 0.15) is 58.8 Å². The predicted octanol–water partition coefficient (Wildman–Crippen LogP) is 3.36. The number of rotatable bonds is 1. The van der Waals surface area contributed by atoms with Gasteiger partial charge in [-0.2, -0.15) is 0 Å². The predicted molar refractivity (Wildman–Crippen MR) is 59.1 cm³/mol. The summed E-state index contributed by atoms with van der Waals surface area (Å²) >= 11 is 0. The van der Waals surface area contributed by atoms with Crippen LogP contribution in [0.5, 0.6) is 0 Å². The molecule has 0 heterocycles. The quantitative estimate of drug-likeness (QED) is 0.682. The molecule has 0 bridgehead atoms. The van der Waals surface area contributed by atoms with E-state index in [9.17, 15) is 5.11 Å². The van der Waals surface area contributed by atoms with Gasteiger partial charge in [0.15, 0.2) is 0 Å². The Bertz CT molecular complexity index is 193. The van der Waals surface area contributed by atoms with Crippen LogP contribution in [0.25, 0.3) is 0 Å². The number of aliphatic hydroxyl groups is 1. The van der Waals surface area contributed by atoms with Crippen LogP contribution in [-0.2, 0) is 0 Å². The van der Waals surface area contributed by atoms with Gasteiger partial charge in [0, 0.05) is 0 Å². The lowest BCUT2D eigenvalue weighted by molar-refractivity contribution is -0.0340. The van der Waals surface area contributed by atoms with E-state index in [1.54, 1.807) is 0 Å². The van der Waals surface area contributed by atoms with Crippen molar-refractivity contribution in [3.8, 4) is 0 Å². The molecule has 14 heavy (non-hydrogen) atoms. The molecular weight excluding hydrogens is 172 g/mol. The van der Waals surface area contributed by atoms with Crippen molar-refractivity contribution in [1.82, 2.24) is 0 Å². The molecular formula is C13H24O. The van der Waals surface area contributed by atoms with E-state index >= 15 is 0 Å². The highest BCUT2D eigenvalue weighted by molar-refractivity contribution is 4.94. The molecule has 0 radical (unpaired) electrons. The third-order valence-electron chi connectivity index (χ3n) is 4.55. The van der Waals surface area contributed by atoms with E-state index in [1.165, 1.54) is 32.1 Å². The molecule has 0 aromatic heterocycles. The summed E-state index contributed by atoms with van der Waals surface area (Å²) in [4.78, 5) is 0. The van der Waals surface area contributed by atoms with Gasteiger partial charge >= 0.3 is 0 Å². The lowest BCUT2D eigenvalue weighted by Crippen LogP contribution is -2.37. The molecule has 1 N–H and O–H groups in total. The molecule has 2 rings (SSSR count). The first-order valence-corrected chi connectivity index (χ1v) is 6.32. The Kier molecular flexibility index (Phi) is 2.88. The smallest absolute Gasteiger partial charge is 0.0678 e. The molecule has 2 aliphatic carbocycles. The third kappa shape index (κ3) is 1.98. The second-order valence-electron chi connectivity index (χ2n) is 5.91. The van der Waals surface area contributed by atoms with E-state index in [0.29, 0.717) is 5.92 Å². The van der Waals surface area contributed by atoms with E-state index in [-0.39, 0.29) is 5.60 Å². The van der Waals surface area contributed by atoms with Crippen LogP contribution < -0.4 is 0 Å². The fraction of sp³-hybridized carbons (Fsp3) is 1.00. The average Bonchev–Trinajstić information content (AvgIpc) is 2.48. The topological polar surface area (TPSA) is 20.2 Å². The van der Waals surface area contributed by atoms with E-state index in [4.69, 9.17) is 0 Å². The van der Waals surface area contributed by atoms with Crippen LogP contribution in [0.3, 0.4) is 0 Å². The van der Waals surface area contributed by atoms with Crippen molar-refractivity contribution in [2.24, 2.45) is 17.8 Å². The van der Waals surface area contributed by atoms with Gasteiger partial charge in [-0.15, -0.1) is 0 Å². The van der Waals surface area contributed by atoms with Crippen molar-refractivity contribution in [2.45, 2.75) is 64.4 Å². The first kappa shape index (κ1) is 10.5. The van der Waals surface area contributed by atoms with Gasteiger partial charge in [0.2, 0.25) is 0 Å². The summed E-state index contributed by atoms with van der Waals surface area (Å²) in [7, 11) is 0. The van der Waals surface area contributed by atoms with Crippen LogP contribution in [0, 0.1) is 17.8 Å². The molecule has 0 saturated heterocycles. The Morgan fingerprint density at radius 3 is 2.07 bits per heavy atom. The van der Waals surface area contributed by atoms with E-state index in [0.717, 1.165) is 24.7 Å². The Hall–Kier alpha value is -0.0400. The average molecular weight is 196 g/mol. The fourth-order valence-electron chi connectivity index (χ4n) is 3.47. The fourth-order valence-corrected chi connectivity index (χ4v) is 3.47. The molecule has 0 aromatic rings. The van der Waals surface area contributed by atoms with Crippen molar-refractivity contribution in [3.05, 3.63) is 0 Å². The number of hydrogen-bond donors (Lipinski definition) is 1. The van der Waals surface area contributed by atoms with E-state index < -0.39 is 0 Å². The lowest BCUT2D eigenvalue weighted by atomic mass is 9.73. The first-order chi connectivity index (χ1) is 6.60. The van der Waals surface area contributed by atoms with Gasteiger partial charge in [-0.3, -0.25) is 0 Å². The van der Waals surface area contributed by atoms with Gasteiger partial charge in [0.05, 0.1) is 5.60 Å². The van der Waals surface area contributed by atoms with Crippen LogP contribution in [0.4, 0.5) is 0 Å². The van der Waals surface area contributed by atoms with E-state index in [1.807, 2.05) is 0 Å². The molecule has 2 aliphatic rings. The molecule has 1 nitrogen and oxygen atoms in total. The SMILES string of the molecule is CC1CCC(C2(O)CCC(C)C2)CC1. The van der Waals surface area contributed by atoms with Crippen LogP contribution in [0.15, 0.2) is 0 Å². The van der Waals surface area contributed by atoms with Crippen molar-refractivity contribution < 1.29 is 5.11 Å². The highest BCUT2D eigenvalue weighted by atomic mass is 16.3. The van der Waals surface area contributed by atoms with Gasteiger partial charge in [0.25, 0.3) is 0 Å². The molecule has 0 aliphatic heterocycles. The zero-order chi connectivity index (χ0) is 10.2. The number of hydrogen-bond acceptors (Lipinski definition) is 1. The molecule has 82 valence electrons.